The quantitative estimate of drug-likeness (QED) is 0.689. The lowest BCUT2D eigenvalue weighted by Crippen LogP contribution is -2.14. The van der Waals surface area contributed by atoms with E-state index in [0.717, 1.165) is 6.07 Å². The Bertz CT molecular complexity index is 714. The second kappa shape index (κ2) is 5.88. The van der Waals surface area contributed by atoms with Gasteiger partial charge in [0.05, 0.1) is 10.6 Å². The van der Waals surface area contributed by atoms with Gasteiger partial charge in [-0.15, -0.1) is 0 Å². The molecule has 0 spiro atoms. The zero-order chi connectivity index (χ0) is 15.6. The molecule has 1 amide bonds. The summed E-state index contributed by atoms with van der Waals surface area (Å²) in [5, 5.41) is 13.1. The molecule has 0 aliphatic heterocycles. The van der Waals surface area contributed by atoms with Crippen LogP contribution in [0.15, 0.2) is 36.4 Å². The van der Waals surface area contributed by atoms with Gasteiger partial charge in [0.1, 0.15) is 10.8 Å². The van der Waals surface area contributed by atoms with Crippen LogP contribution in [0.5, 0.6) is 0 Å². The number of nitrogens with one attached hydrogen (secondary N) is 1. The molecular weight excluding hydrogens is 299 g/mol. The number of aryl methyl sites for hydroxylation is 1. The van der Waals surface area contributed by atoms with E-state index in [4.69, 9.17) is 11.6 Å². The fourth-order valence-electron chi connectivity index (χ4n) is 1.77. The largest absolute Gasteiger partial charge is 0.319 e. The number of nitro benzene ring substituents is 1. The van der Waals surface area contributed by atoms with E-state index < -0.39 is 16.6 Å². The Kier molecular flexibility index (Phi) is 4.18. The molecule has 108 valence electrons. The van der Waals surface area contributed by atoms with Crippen molar-refractivity contribution in [2.45, 2.75) is 6.92 Å². The SMILES string of the molecule is Cc1cccc(F)c1NC(=O)c1ccc(Cl)c([N+](=O)[O-])c1. The number of halogens is 2. The first kappa shape index (κ1) is 14.9. The summed E-state index contributed by atoms with van der Waals surface area (Å²) < 4.78 is 13.7. The first-order chi connectivity index (χ1) is 9.90. The minimum absolute atomic E-state index is 0.0220. The molecule has 1 N–H and O–H groups in total. The Hall–Kier alpha value is -2.47. The van der Waals surface area contributed by atoms with Gasteiger partial charge < -0.3 is 5.32 Å². The number of rotatable bonds is 3. The topological polar surface area (TPSA) is 72.2 Å². The highest BCUT2D eigenvalue weighted by atomic mass is 35.5. The van der Waals surface area contributed by atoms with E-state index in [-0.39, 0.29) is 22.0 Å². The Labute approximate surface area is 124 Å². The molecule has 0 unspecified atom stereocenters. The van der Waals surface area contributed by atoms with Crippen molar-refractivity contribution in [2.75, 3.05) is 5.32 Å². The average Bonchev–Trinajstić information content (AvgIpc) is 2.43. The average molecular weight is 309 g/mol. The lowest BCUT2D eigenvalue weighted by molar-refractivity contribution is -0.384. The smallest absolute Gasteiger partial charge is 0.288 e. The molecule has 0 saturated carbocycles. The van der Waals surface area contributed by atoms with E-state index in [2.05, 4.69) is 5.32 Å². The van der Waals surface area contributed by atoms with Crippen LogP contribution < -0.4 is 5.32 Å². The van der Waals surface area contributed by atoms with Crippen LogP contribution in [-0.4, -0.2) is 10.8 Å². The lowest BCUT2D eigenvalue weighted by atomic mass is 10.1. The maximum absolute atomic E-state index is 13.7. The molecular formula is C14H10ClFN2O3. The molecule has 0 fully saturated rings. The van der Waals surface area contributed by atoms with Gasteiger partial charge in [-0.25, -0.2) is 4.39 Å². The number of nitrogens with zero attached hydrogens (tertiary/aromatic N) is 1. The van der Waals surface area contributed by atoms with E-state index in [1.165, 1.54) is 24.3 Å². The van der Waals surface area contributed by atoms with Crippen LogP contribution >= 0.6 is 11.6 Å². The summed E-state index contributed by atoms with van der Waals surface area (Å²) in [5.41, 5.74) is 0.232. The van der Waals surface area contributed by atoms with Crippen LogP contribution in [0.25, 0.3) is 0 Å². The molecule has 7 heteroatoms. The highest BCUT2D eigenvalue weighted by Gasteiger charge is 2.17. The number of para-hydroxylation sites is 1. The van der Waals surface area contributed by atoms with Crippen LogP contribution in [0, 0.1) is 22.9 Å². The maximum atomic E-state index is 13.7. The molecule has 2 aromatic carbocycles. The summed E-state index contributed by atoms with van der Waals surface area (Å²) >= 11 is 5.67. The summed E-state index contributed by atoms with van der Waals surface area (Å²) in [6.45, 7) is 1.64. The van der Waals surface area contributed by atoms with E-state index >= 15 is 0 Å². The summed E-state index contributed by atoms with van der Waals surface area (Å²) in [4.78, 5) is 22.2. The molecule has 2 rings (SSSR count). The van der Waals surface area contributed by atoms with Gasteiger partial charge in [-0.05, 0) is 30.7 Å². The van der Waals surface area contributed by atoms with Crippen molar-refractivity contribution in [3.05, 3.63) is 68.5 Å². The highest BCUT2D eigenvalue weighted by molar-refractivity contribution is 6.32. The van der Waals surface area contributed by atoms with Crippen molar-refractivity contribution in [2.24, 2.45) is 0 Å². The minimum atomic E-state index is -0.687. The molecule has 21 heavy (non-hydrogen) atoms. The first-order valence-corrected chi connectivity index (χ1v) is 6.28. The third kappa shape index (κ3) is 3.17. The molecule has 0 heterocycles. The number of anilines is 1. The van der Waals surface area contributed by atoms with Gasteiger partial charge in [0, 0.05) is 11.6 Å². The van der Waals surface area contributed by atoms with Crippen LogP contribution in [0.1, 0.15) is 15.9 Å². The second-order valence-corrected chi connectivity index (χ2v) is 4.72. The summed E-state index contributed by atoms with van der Waals surface area (Å²) in [5.74, 6) is -1.23. The summed E-state index contributed by atoms with van der Waals surface area (Å²) in [7, 11) is 0. The molecule has 5 nitrogen and oxygen atoms in total. The zero-order valence-corrected chi connectivity index (χ0v) is 11.6. The number of carbonyl (C=O) groups is 1. The lowest BCUT2D eigenvalue weighted by Gasteiger charge is -2.09. The molecule has 0 atom stereocenters. The molecule has 0 bridgehead atoms. The monoisotopic (exact) mass is 308 g/mol. The van der Waals surface area contributed by atoms with Crippen LogP contribution in [0.4, 0.5) is 15.8 Å². The van der Waals surface area contributed by atoms with E-state index in [0.29, 0.717) is 5.56 Å². The Balaban J connectivity index is 2.33. The standard InChI is InChI=1S/C14H10ClFN2O3/c1-8-3-2-4-11(16)13(8)17-14(19)9-5-6-10(15)12(7-9)18(20)21/h2-7H,1H3,(H,17,19). The predicted octanol–water partition coefficient (Wildman–Crippen LogP) is 3.95. The van der Waals surface area contributed by atoms with Crippen LogP contribution in [0.3, 0.4) is 0 Å². The summed E-state index contributed by atoms with van der Waals surface area (Å²) in [6, 6.07) is 8.01. The number of hydrogen-bond donors (Lipinski definition) is 1. The van der Waals surface area contributed by atoms with Gasteiger partial charge >= 0.3 is 0 Å². The number of benzene rings is 2. The Morgan fingerprint density at radius 3 is 2.67 bits per heavy atom. The molecule has 0 aliphatic rings. The van der Waals surface area contributed by atoms with Crippen molar-refractivity contribution in [1.29, 1.82) is 0 Å². The van der Waals surface area contributed by atoms with Gasteiger partial charge in [-0.2, -0.15) is 0 Å². The third-order valence-corrected chi connectivity index (χ3v) is 3.19. The van der Waals surface area contributed by atoms with Gasteiger partial charge in [0.25, 0.3) is 11.6 Å². The molecule has 0 saturated heterocycles. The van der Waals surface area contributed by atoms with Gasteiger partial charge in [-0.3, -0.25) is 14.9 Å². The second-order valence-electron chi connectivity index (χ2n) is 4.31. The summed E-state index contributed by atoms with van der Waals surface area (Å²) in [6.07, 6.45) is 0. The van der Waals surface area contributed by atoms with E-state index in [1.807, 2.05) is 0 Å². The van der Waals surface area contributed by atoms with E-state index in [1.54, 1.807) is 13.0 Å². The van der Waals surface area contributed by atoms with Crippen molar-refractivity contribution < 1.29 is 14.1 Å². The Morgan fingerprint density at radius 2 is 2.05 bits per heavy atom. The fourth-order valence-corrected chi connectivity index (χ4v) is 1.96. The maximum Gasteiger partial charge on any atom is 0.288 e. The number of hydrogen-bond acceptors (Lipinski definition) is 3. The zero-order valence-electron chi connectivity index (χ0n) is 10.9. The van der Waals surface area contributed by atoms with Crippen molar-refractivity contribution >= 4 is 28.9 Å². The van der Waals surface area contributed by atoms with Gasteiger partial charge in [-0.1, -0.05) is 23.7 Å². The predicted molar refractivity (Wildman–Crippen MR) is 77.2 cm³/mol. The van der Waals surface area contributed by atoms with Gasteiger partial charge in [0.15, 0.2) is 0 Å². The third-order valence-electron chi connectivity index (χ3n) is 2.87. The molecule has 2 aromatic rings. The van der Waals surface area contributed by atoms with E-state index in [9.17, 15) is 19.3 Å². The number of carbonyl (C=O) groups excluding carboxylic acids is 1. The molecule has 0 radical (unpaired) electrons. The van der Waals surface area contributed by atoms with Crippen molar-refractivity contribution in [3.8, 4) is 0 Å². The van der Waals surface area contributed by atoms with Crippen LogP contribution in [0.2, 0.25) is 5.02 Å². The minimum Gasteiger partial charge on any atom is -0.319 e. The van der Waals surface area contributed by atoms with Gasteiger partial charge in [0.2, 0.25) is 0 Å². The Morgan fingerprint density at radius 1 is 1.33 bits per heavy atom. The first-order valence-electron chi connectivity index (χ1n) is 5.90. The van der Waals surface area contributed by atoms with Crippen molar-refractivity contribution in [3.63, 3.8) is 0 Å². The number of amides is 1. The van der Waals surface area contributed by atoms with Crippen LogP contribution in [-0.2, 0) is 0 Å². The normalized spacial score (nSPS) is 10.2. The molecule has 0 aromatic heterocycles. The number of nitro groups is 1. The highest BCUT2D eigenvalue weighted by Crippen LogP contribution is 2.26. The molecule has 0 aliphatic carbocycles. The van der Waals surface area contributed by atoms with Crippen molar-refractivity contribution in [1.82, 2.24) is 0 Å². The fraction of sp³-hybridized carbons (Fsp3) is 0.0714.